The smallest absolute Gasteiger partial charge is 0.0794 e. The molecule has 0 fully saturated rings. The Bertz CT molecular complexity index is 451. The number of anilines is 1. The summed E-state index contributed by atoms with van der Waals surface area (Å²) in [5.41, 5.74) is 4.57. The van der Waals surface area contributed by atoms with Gasteiger partial charge in [-0.05, 0) is 25.0 Å². The number of hydrogen-bond acceptors (Lipinski definition) is 3. The average molecular weight is 246 g/mol. The fourth-order valence-corrected chi connectivity index (χ4v) is 2.59. The van der Waals surface area contributed by atoms with E-state index in [-0.39, 0.29) is 0 Å². The van der Waals surface area contributed by atoms with E-state index in [1.165, 1.54) is 16.1 Å². The van der Waals surface area contributed by atoms with E-state index in [1.807, 2.05) is 11.7 Å². The van der Waals surface area contributed by atoms with Gasteiger partial charge in [-0.3, -0.25) is 4.98 Å². The van der Waals surface area contributed by atoms with Gasteiger partial charge in [0.15, 0.2) is 0 Å². The highest BCUT2D eigenvalue weighted by Gasteiger charge is 2.09. The van der Waals surface area contributed by atoms with Crippen LogP contribution in [0.5, 0.6) is 0 Å². The Labute approximate surface area is 107 Å². The second-order valence-corrected chi connectivity index (χ2v) is 5.15. The number of aromatic nitrogens is 1. The summed E-state index contributed by atoms with van der Waals surface area (Å²) in [6, 6.07) is 8.57. The Balaban J connectivity index is 2.20. The first-order valence-corrected chi connectivity index (χ1v) is 6.87. The predicted octanol–water partition coefficient (Wildman–Crippen LogP) is 3.87. The van der Waals surface area contributed by atoms with Crippen LogP contribution in [-0.2, 0) is 6.54 Å². The molecule has 0 amide bonds. The zero-order chi connectivity index (χ0) is 12.1. The van der Waals surface area contributed by atoms with Crippen molar-refractivity contribution in [2.24, 2.45) is 0 Å². The maximum absolute atomic E-state index is 4.14. The van der Waals surface area contributed by atoms with Crippen molar-refractivity contribution < 1.29 is 0 Å². The highest BCUT2D eigenvalue weighted by atomic mass is 32.1. The van der Waals surface area contributed by atoms with Crippen LogP contribution in [0.25, 0.3) is 0 Å². The molecule has 0 atom stereocenters. The normalized spacial score (nSPS) is 10.5. The predicted molar refractivity (Wildman–Crippen MR) is 74.6 cm³/mol. The molecular formula is C14H18N2S. The standard InChI is InChI=1S/C14H18N2S/c1-3-8-16(10-13-9-15-11-17-13)14-7-5-4-6-12(14)2/h4-7,9,11H,3,8,10H2,1-2H3. The van der Waals surface area contributed by atoms with Gasteiger partial charge >= 0.3 is 0 Å². The minimum atomic E-state index is 0.962. The van der Waals surface area contributed by atoms with Crippen molar-refractivity contribution in [2.75, 3.05) is 11.4 Å². The Morgan fingerprint density at radius 1 is 1.29 bits per heavy atom. The molecule has 0 aliphatic heterocycles. The van der Waals surface area contributed by atoms with Gasteiger partial charge in [0.1, 0.15) is 0 Å². The molecule has 0 saturated carbocycles. The number of thiazole rings is 1. The molecule has 0 unspecified atom stereocenters. The Morgan fingerprint density at radius 3 is 2.76 bits per heavy atom. The molecule has 17 heavy (non-hydrogen) atoms. The molecule has 2 rings (SSSR count). The number of para-hydroxylation sites is 1. The molecular weight excluding hydrogens is 228 g/mol. The molecule has 0 aliphatic rings. The topological polar surface area (TPSA) is 16.1 Å². The number of rotatable bonds is 5. The summed E-state index contributed by atoms with van der Waals surface area (Å²) in [4.78, 5) is 7.90. The summed E-state index contributed by atoms with van der Waals surface area (Å²) >= 11 is 1.72. The molecule has 0 N–H and O–H groups in total. The third-order valence-corrected chi connectivity index (χ3v) is 3.54. The summed E-state index contributed by atoms with van der Waals surface area (Å²) in [6.45, 7) is 6.44. The van der Waals surface area contributed by atoms with E-state index in [0.29, 0.717) is 0 Å². The summed E-state index contributed by atoms with van der Waals surface area (Å²) in [7, 11) is 0. The van der Waals surface area contributed by atoms with Crippen LogP contribution in [0.3, 0.4) is 0 Å². The van der Waals surface area contributed by atoms with Gasteiger partial charge in [0, 0.05) is 23.3 Å². The lowest BCUT2D eigenvalue weighted by Crippen LogP contribution is -2.23. The van der Waals surface area contributed by atoms with Crippen molar-refractivity contribution >= 4 is 17.0 Å². The summed E-state index contributed by atoms with van der Waals surface area (Å²) < 4.78 is 0. The highest BCUT2D eigenvalue weighted by Crippen LogP contribution is 2.22. The maximum Gasteiger partial charge on any atom is 0.0794 e. The van der Waals surface area contributed by atoms with Crippen molar-refractivity contribution in [3.05, 3.63) is 46.4 Å². The van der Waals surface area contributed by atoms with Crippen molar-refractivity contribution in [1.29, 1.82) is 0 Å². The van der Waals surface area contributed by atoms with Gasteiger partial charge in [-0.2, -0.15) is 0 Å². The fraction of sp³-hybridized carbons (Fsp3) is 0.357. The molecule has 1 heterocycles. The first-order valence-electron chi connectivity index (χ1n) is 5.99. The number of nitrogens with zero attached hydrogens (tertiary/aromatic N) is 2. The zero-order valence-electron chi connectivity index (χ0n) is 10.4. The molecule has 0 saturated heterocycles. The third-order valence-electron chi connectivity index (χ3n) is 2.78. The number of hydrogen-bond donors (Lipinski definition) is 0. The van der Waals surface area contributed by atoms with Gasteiger partial charge in [0.25, 0.3) is 0 Å². The van der Waals surface area contributed by atoms with E-state index in [4.69, 9.17) is 0 Å². The molecule has 2 aromatic rings. The van der Waals surface area contributed by atoms with E-state index >= 15 is 0 Å². The third kappa shape index (κ3) is 3.07. The minimum absolute atomic E-state index is 0.962. The van der Waals surface area contributed by atoms with E-state index in [1.54, 1.807) is 11.3 Å². The van der Waals surface area contributed by atoms with E-state index in [9.17, 15) is 0 Å². The van der Waals surface area contributed by atoms with Gasteiger partial charge in [-0.15, -0.1) is 11.3 Å². The molecule has 3 heteroatoms. The summed E-state index contributed by atoms with van der Waals surface area (Å²) in [5.74, 6) is 0. The zero-order valence-corrected chi connectivity index (χ0v) is 11.2. The van der Waals surface area contributed by atoms with Gasteiger partial charge in [-0.1, -0.05) is 25.1 Å². The second-order valence-electron chi connectivity index (χ2n) is 4.18. The number of aryl methyl sites for hydroxylation is 1. The van der Waals surface area contributed by atoms with Gasteiger partial charge in [-0.25, -0.2) is 0 Å². The van der Waals surface area contributed by atoms with Crippen LogP contribution in [0.2, 0.25) is 0 Å². The Morgan fingerprint density at radius 2 is 2.12 bits per heavy atom. The quantitative estimate of drug-likeness (QED) is 0.796. The lowest BCUT2D eigenvalue weighted by Gasteiger charge is -2.25. The molecule has 2 nitrogen and oxygen atoms in total. The van der Waals surface area contributed by atoms with Crippen molar-refractivity contribution in [3.8, 4) is 0 Å². The van der Waals surface area contributed by atoms with E-state index in [0.717, 1.165) is 19.5 Å². The maximum atomic E-state index is 4.14. The van der Waals surface area contributed by atoms with Crippen LogP contribution >= 0.6 is 11.3 Å². The molecule has 1 aromatic heterocycles. The molecule has 0 radical (unpaired) electrons. The van der Waals surface area contributed by atoms with Crippen molar-refractivity contribution in [1.82, 2.24) is 4.98 Å². The summed E-state index contributed by atoms with van der Waals surface area (Å²) in [5, 5.41) is 0. The Hall–Kier alpha value is -1.35. The highest BCUT2D eigenvalue weighted by molar-refractivity contribution is 7.09. The molecule has 0 bridgehead atoms. The monoisotopic (exact) mass is 246 g/mol. The Kier molecular flexibility index (Phi) is 4.15. The summed E-state index contributed by atoms with van der Waals surface area (Å²) in [6.07, 6.45) is 3.12. The first-order chi connectivity index (χ1) is 8.31. The number of benzene rings is 1. The average Bonchev–Trinajstić information content (AvgIpc) is 2.82. The fourth-order valence-electron chi connectivity index (χ4n) is 1.98. The second kappa shape index (κ2) is 5.82. The first kappa shape index (κ1) is 12.1. The van der Waals surface area contributed by atoms with E-state index < -0.39 is 0 Å². The van der Waals surface area contributed by atoms with E-state index in [2.05, 4.69) is 48.0 Å². The lowest BCUT2D eigenvalue weighted by molar-refractivity contribution is 0.770. The van der Waals surface area contributed by atoms with Crippen LogP contribution < -0.4 is 4.90 Å². The van der Waals surface area contributed by atoms with Crippen molar-refractivity contribution in [3.63, 3.8) is 0 Å². The van der Waals surface area contributed by atoms with Gasteiger partial charge in [0.2, 0.25) is 0 Å². The van der Waals surface area contributed by atoms with Crippen LogP contribution in [0.15, 0.2) is 36.0 Å². The van der Waals surface area contributed by atoms with Crippen LogP contribution in [0.1, 0.15) is 23.8 Å². The van der Waals surface area contributed by atoms with Crippen LogP contribution in [0.4, 0.5) is 5.69 Å². The lowest BCUT2D eigenvalue weighted by atomic mass is 10.1. The molecule has 0 spiro atoms. The molecule has 0 aliphatic carbocycles. The van der Waals surface area contributed by atoms with Crippen LogP contribution in [-0.4, -0.2) is 11.5 Å². The van der Waals surface area contributed by atoms with Crippen molar-refractivity contribution in [2.45, 2.75) is 26.8 Å². The van der Waals surface area contributed by atoms with Crippen LogP contribution in [0, 0.1) is 6.92 Å². The largest absolute Gasteiger partial charge is 0.366 e. The SMILES string of the molecule is CCCN(Cc1cncs1)c1ccccc1C. The minimum Gasteiger partial charge on any atom is -0.366 e. The van der Waals surface area contributed by atoms with Gasteiger partial charge < -0.3 is 4.90 Å². The van der Waals surface area contributed by atoms with Gasteiger partial charge in [0.05, 0.1) is 12.1 Å². The molecule has 1 aromatic carbocycles. The molecule has 90 valence electrons.